The second-order valence-corrected chi connectivity index (χ2v) is 9.41. The molecule has 2 aliphatic heterocycles. The minimum atomic E-state index is -3.66. The Morgan fingerprint density at radius 1 is 0.929 bits per heavy atom. The first-order valence-corrected chi connectivity index (χ1v) is 11.2. The lowest BCUT2D eigenvalue weighted by Gasteiger charge is -2.28. The van der Waals surface area contributed by atoms with Gasteiger partial charge in [-0.1, -0.05) is 18.2 Å². The van der Waals surface area contributed by atoms with Gasteiger partial charge in [0.05, 0.1) is 4.90 Å². The summed E-state index contributed by atoms with van der Waals surface area (Å²) in [5.41, 5.74) is 1.12. The molecule has 2 aliphatic rings. The molecule has 2 saturated heterocycles. The van der Waals surface area contributed by atoms with Crippen LogP contribution in [0.25, 0.3) is 0 Å². The van der Waals surface area contributed by atoms with Crippen LogP contribution in [-0.4, -0.2) is 26.4 Å². The van der Waals surface area contributed by atoms with Gasteiger partial charge < -0.3 is 10.6 Å². The van der Waals surface area contributed by atoms with Crippen molar-refractivity contribution in [2.24, 2.45) is 5.92 Å². The highest BCUT2D eigenvalue weighted by Gasteiger charge is 2.34. The molecule has 1 amide bonds. The van der Waals surface area contributed by atoms with Crippen molar-refractivity contribution in [3.05, 3.63) is 54.6 Å². The number of nitrogens with one attached hydrogen (secondary N) is 3. The molecule has 2 unspecified atom stereocenters. The number of anilines is 2. The molecule has 2 aromatic carbocycles. The highest BCUT2D eigenvalue weighted by Crippen LogP contribution is 2.32. The van der Waals surface area contributed by atoms with Gasteiger partial charge in [-0.25, -0.2) is 8.42 Å². The second kappa shape index (κ2) is 7.93. The Balaban J connectivity index is 1.34. The van der Waals surface area contributed by atoms with Crippen molar-refractivity contribution in [1.29, 1.82) is 0 Å². The summed E-state index contributed by atoms with van der Waals surface area (Å²) in [7, 11) is -3.66. The fraction of sp³-hybridized carbons (Fsp3) is 0.381. The van der Waals surface area contributed by atoms with E-state index in [1.54, 1.807) is 36.4 Å². The van der Waals surface area contributed by atoms with Crippen LogP contribution < -0.4 is 15.4 Å². The summed E-state index contributed by atoms with van der Waals surface area (Å²) < 4.78 is 27.5. The molecule has 2 atom stereocenters. The van der Waals surface area contributed by atoms with Crippen LogP contribution in [0.5, 0.6) is 0 Å². The monoisotopic (exact) mass is 399 g/mol. The van der Waals surface area contributed by atoms with Crippen molar-refractivity contribution in [2.45, 2.75) is 49.1 Å². The van der Waals surface area contributed by atoms with Gasteiger partial charge in [0.25, 0.3) is 10.0 Å². The number of sulfonamides is 1. The predicted octanol–water partition coefficient (Wildman–Crippen LogP) is 3.35. The standard InChI is InChI=1S/C21H25N3O3S/c25-21(14-15-12-18-6-7-19(13-15)22-18)23-16-8-10-20(11-9-16)28(26,27)24-17-4-2-1-3-5-17/h1-5,8-11,15,18-19,22,24H,6-7,12-14H2,(H,23,25). The number of piperidine rings is 1. The van der Waals surface area contributed by atoms with Gasteiger partial charge in [-0.3, -0.25) is 9.52 Å². The van der Waals surface area contributed by atoms with Crippen molar-refractivity contribution < 1.29 is 13.2 Å². The quantitative estimate of drug-likeness (QED) is 0.695. The van der Waals surface area contributed by atoms with Crippen LogP contribution in [0.3, 0.4) is 0 Å². The molecule has 2 aromatic rings. The van der Waals surface area contributed by atoms with Crippen molar-refractivity contribution >= 4 is 27.3 Å². The van der Waals surface area contributed by atoms with Crippen LogP contribution in [0.1, 0.15) is 32.1 Å². The lowest BCUT2D eigenvalue weighted by atomic mass is 9.89. The molecular weight excluding hydrogens is 374 g/mol. The lowest BCUT2D eigenvalue weighted by molar-refractivity contribution is -0.117. The molecule has 4 rings (SSSR count). The molecule has 28 heavy (non-hydrogen) atoms. The maximum atomic E-state index is 12.5. The molecule has 2 fully saturated rings. The average Bonchev–Trinajstić information content (AvgIpc) is 3.01. The van der Waals surface area contributed by atoms with Crippen LogP contribution in [0.15, 0.2) is 59.5 Å². The number of carbonyl (C=O) groups excluding carboxylic acids is 1. The zero-order valence-electron chi connectivity index (χ0n) is 15.6. The summed E-state index contributed by atoms with van der Waals surface area (Å²) in [6, 6.07) is 16.2. The van der Waals surface area contributed by atoms with Crippen LogP contribution >= 0.6 is 0 Å². The Hall–Kier alpha value is -2.38. The number of carbonyl (C=O) groups is 1. The van der Waals surface area contributed by atoms with Crippen LogP contribution in [0.4, 0.5) is 11.4 Å². The highest BCUT2D eigenvalue weighted by atomic mass is 32.2. The van der Waals surface area contributed by atoms with Gasteiger partial charge in [0.1, 0.15) is 0 Å². The lowest BCUT2D eigenvalue weighted by Crippen LogP contribution is -2.39. The van der Waals surface area contributed by atoms with Crippen molar-refractivity contribution in [3.63, 3.8) is 0 Å². The molecule has 2 bridgehead atoms. The van der Waals surface area contributed by atoms with E-state index in [4.69, 9.17) is 0 Å². The van der Waals surface area contributed by atoms with Crippen molar-refractivity contribution in [3.8, 4) is 0 Å². The van der Waals surface area contributed by atoms with E-state index in [-0.39, 0.29) is 10.8 Å². The first-order chi connectivity index (χ1) is 13.5. The van der Waals surface area contributed by atoms with E-state index in [0.717, 1.165) is 12.8 Å². The van der Waals surface area contributed by atoms with E-state index < -0.39 is 10.0 Å². The molecule has 2 heterocycles. The summed E-state index contributed by atoms with van der Waals surface area (Å²) in [5.74, 6) is 0.415. The Bertz CT molecular complexity index is 917. The molecule has 7 heteroatoms. The Labute approximate surface area is 165 Å². The summed E-state index contributed by atoms with van der Waals surface area (Å²) in [6.45, 7) is 0. The van der Waals surface area contributed by atoms with E-state index >= 15 is 0 Å². The summed E-state index contributed by atoms with van der Waals surface area (Å²) in [4.78, 5) is 12.5. The second-order valence-electron chi connectivity index (χ2n) is 7.72. The fourth-order valence-electron chi connectivity index (χ4n) is 4.25. The minimum absolute atomic E-state index is 0.00989. The molecule has 0 aromatic heterocycles. The highest BCUT2D eigenvalue weighted by molar-refractivity contribution is 7.92. The number of hydrogen-bond donors (Lipinski definition) is 3. The minimum Gasteiger partial charge on any atom is -0.326 e. The van der Waals surface area contributed by atoms with E-state index in [9.17, 15) is 13.2 Å². The van der Waals surface area contributed by atoms with Gasteiger partial charge in [-0.2, -0.15) is 0 Å². The third kappa shape index (κ3) is 4.54. The number of rotatable bonds is 6. The van der Waals surface area contributed by atoms with Crippen LogP contribution in [-0.2, 0) is 14.8 Å². The van der Waals surface area contributed by atoms with Gasteiger partial charge in [0.15, 0.2) is 0 Å². The van der Waals surface area contributed by atoms with Gasteiger partial charge in [-0.05, 0) is 68.0 Å². The molecule has 0 saturated carbocycles. The fourth-order valence-corrected chi connectivity index (χ4v) is 5.31. The number of para-hydroxylation sites is 1. The molecule has 6 nitrogen and oxygen atoms in total. The first-order valence-electron chi connectivity index (χ1n) is 9.72. The normalized spacial score (nSPS) is 23.9. The molecule has 0 aliphatic carbocycles. The van der Waals surface area contributed by atoms with Gasteiger partial charge >= 0.3 is 0 Å². The van der Waals surface area contributed by atoms with Gasteiger partial charge in [0, 0.05) is 29.9 Å². The number of fused-ring (bicyclic) bond motifs is 2. The third-order valence-corrected chi connectivity index (χ3v) is 6.92. The van der Waals surface area contributed by atoms with E-state index in [0.29, 0.717) is 35.8 Å². The summed E-state index contributed by atoms with van der Waals surface area (Å²) in [6.07, 6.45) is 5.08. The maximum absolute atomic E-state index is 12.5. The topological polar surface area (TPSA) is 87.3 Å². The number of hydrogen-bond acceptors (Lipinski definition) is 4. The van der Waals surface area contributed by atoms with E-state index in [1.165, 1.54) is 25.0 Å². The SMILES string of the molecule is O=C(CC1CC2CCC(C1)N2)Nc1ccc(S(=O)(=O)Nc2ccccc2)cc1. The molecule has 148 valence electrons. The largest absolute Gasteiger partial charge is 0.326 e. The number of amides is 1. The van der Waals surface area contributed by atoms with Gasteiger partial charge in [-0.15, -0.1) is 0 Å². The zero-order valence-corrected chi connectivity index (χ0v) is 16.4. The Morgan fingerprint density at radius 3 is 2.21 bits per heavy atom. The number of benzene rings is 2. The van der Waals surface area contributed by atoms with Crippen LogP contribution in [0.2, 0.25) is 0 Å². The predicted molar refractivity (Wildman–Crippen MR) is 110 cm³/mol. The molecule has 3 N–H and O–H groups in total. The third-order valence-electron chi connectivity index (χ3n) is 5.52. The van der Waals surface area contributed by atoms with Crippen LogP contribution in [0, 0.1) is 5.92 Å². The van der Waals surface area contributed by atoms with Crippen molar-refractivity contribution in [1.82, 2.24) is 5.32 Å². The smallest absolute Gasteiger partial charge is 0.261 e. The Kier molecular flexibility index (Phi) is 5.37. The van der Waals surface area contributed by atoms with Gasteiger partial charge in [0.2, 0.25) is 5.91 Å². The first kappa shape index (κ1) is 19.0. The van der Waals surface area contributed by atoms with Crippen molar-refractivity contribution in [2.75, 3.05) is 10.0 Å². The average molecular weight is 400 g/mol. The maximum Gasteiger partial charge on any atom is 0.261 e. The van der Waals surface area contributed by atoms with E-state index in [2.05, 4.69) is 15.4 Å². The van der Waals surface area contributed by atoms with E-state index in [1.807, 2.05) is 6.07 Å². The zero-order chi connectivity index (χ0) is 19.6. The molecule has 0 radical (unpaired) electrons. The molecule has 0 spiro atoms. The molecular formula is C21H25N3O3S. The summed E-state index contributed by atoms with van der Waals surface area (Å²) in [5, 5.41) is 6.48. The Morgan fingerprint density at radius 2 is 1.57 bits per heavy atom. The summed E-state index contributed by atoms with van der Waals surface area (Å²) >= 11 is 0.